The lowest BCUT2D eigenvalue weighted by atomic mass is 9.99. The lowest BCUT2D eigenvalue weighted by Crippen LogP contribution is -2.42. The van der Waals surface area contributed by atoms with Crippen LogP contribution in [0.15, 0.2) is 0 Å². The average Bonchev–Trinajstić information content (AvgIpc) is 2.34. The van der Waals surface area contributed by atoms with Crippen LogP contribution in [0.5, 0.6) is 0 Å². The molecule has 0 aliphatic heterocycles. The van der Waals surface area contributed by atoms with Gasteiger partial charge in [0.1, 0.15) is 6.04 Å². The Bertz CT molecular complexity index is 322. The molecule has 0 heterocycles. The van der Waals surface area contributed by atoms with Gasteiger partial charge in [-0.15, -0.1) is 35.9 Å². The molecule has 124 valence electrons. The Hall–Kier alpha value is -1.23. The molecule has 0 rings (SSSR count). The van der Waals surface area contributed by atoms with Gasteiger partial charge in [0.05, 0.1) is 31.1 Å². The summed E-state index contributed by atoms with van der Waals surface area (Å²) in [5, 5.41) is 1.84. The third-order valence-electron chi connectivity index (χ3n) is 2.67. The Labute approximate surface area is 114 Å². The zero-order chi connectivity index (χ0) is 16.6. The van der Waals surface area contributed by atoms with Crippen LogP contribution in [-0.2, 0) is 0 Å². The molecule has 0 fully saturated rings. The molecular formula is C8H11F8N5. The Balaban J connectivity index is 4.79. The molecule has 0 aromatic carbocycles. The van der Waals surface area contributed by atoms with Gasteiger partial charge in [-0.3, -0.25) is 0 Å². The van der Waals surface area contributed by atoms with E-state index in [0.29, 0.717) is 0 Å². The summed E-state index contributed by atoms with van der Waals surface area (Å²) in [5.41, 5.74) is 0. The monoisotopic (exact) mass is 329 g/mol. The minimum absolute atomic E-state index is 0.901. The van der Waals surface area contributed by atoms with Crippen molar-refractivity contribution in [1.82, 2.24) is 21.4 Å². The molecule has 0 bridgehead atoms. The van der Waals surface area contributed by atoms with Crippen molar-refractivity contribution < 1.29 is 35.9 Å². The second kappa shape index (κ2) is 9.66. The highest BCUT2D eigenvalue weighted by Gasteiger charge is 2.36. The Morgan fingerprint density at radius 2 is 1.29 bits per heavy atom. The first-order valence-corrected chi connectivity index (χ1v) is 5.49. The van der Waals surface area contributed by atoms with Crippen molar-refractivity contribution in [1.29, 1.82) is 5.26 Å². The number of hydrogen-bond donors (Lipinski definition) is 0. The molecule has 0 spiro atoms. The topological polar surface area (TPSA) is 36.8 Å². The van der Waals surface area contributed by atoms with E-state index in [-0.39, 0.29) is 0 Å². The van der Waals surface area contributed by atoms with E-state index in [1.165, 1.54) is 6.07 Å². The van der Waals surface area contributed by atoms with Crippen molar-refractivity contribution in [2.45, 2.75) is 37.4 Å². The van der Waals surface area contributed by atoms with Gasteiger partial charge in [-0.25, -0.2) is 0 Å². The third kappa shape index (κ3) is 7.37. The van der Waals surface area contributed by atoms with Gasteiger partial charge in [-0.2, -0.15) is 5.26 Å². The quantitative estimate of drug-likeness (QED) is 0.455. The highest BCUT2D eigenvalue weighted by atomic mass is 19.4. The molecule has 0 aromatic rings. The molecule has 13 heteroatoms. The second-order valence-corrected chi connectivity index (χ2v) is 3.99. The molecule has 0 saturated carbocycles. The zero-order valence-electron chi connectivity index (χ0n) is 10.3. The molecule has 0 amide bonds. The molecule has 3 atom stereocenters. The van der Waals surface area contributed by atoms with E-state index >= 15 is 0 Å². The SMILES string of the molecule is N#CCC(C(CCC(CN(F)F)N(F)F)N(F)F)N(F)F. The van der Waals surface area contributed by atoms with E-state index in [0.717, 1.165) is 0 Å². The third-order valence-corrected chi connectivity index (χ3v) is 2.67. The summed E-state index contributed by atoms with van der Waals surface area (Å²) < 4.78 is 98.3. The van der Waals surface area contributed by atoms with Crippen molar-refractivity contribution in [3.05, 3.63) is 0 Å². The van der Waals surface area contributed by atoms with Gasteiger partial charge < -0.3 is 0 Å². The maximum Gasteiger partial charge on any atom is 0.107 e. The molecule has 0 aliphatic carbocycles. The summed E-state index contributed by atoms with van der Waals surface area (Å²) in [7, 11) is 0. The van der Waals surface area contributed by atoms with E-state index < -0.39 is 65.3 Å². The summed E-state index contributed by atoms with van der Waals surface area (Å²) in [5.74, 6) is 0. The van der Waals surface area contributed by atoms with Crippen molar-refractivity contribution in [2.75, 3.05) is 6.54 Å². The Kier molecular flexibility index (Phi) is 9.09. The molecule has 21 heavy (non-hydrogen) atoms. The van der Waals surface area contributed by atoms with Gasteiger partial charge in [0, 0.05) is 21.4 Å². The molecular weight excluding hydrogens is 318 g/mol. The van der Waals surface area contributed by atoms with Gasteiger partial charge in [0.15, 0.2) is 0 Å². The van der Waals surface area contributed by atoms with E-state index in [4.69, 9.17) is 5.26 Å². The van der Waals surface area contributed by atoms with Crippen LogP contribution >= 0.6 is 0 Å². The standard InChI is InChI=1S/C8H11F8N5/c9-18(10)5-6(19(11)12)1-2-7(20(13)14)8(3-4-17)21(15)16/h6-8H,1-3,5H2. The molecule has 5 nitrogen and oxygen atoms in total. The fourth-order valence-electron chi connectivity index (χ4n) is 1.62. The fourth-order valence-corrected chi connectivity index (χ4v) is 1.62. The van der Waals surface area contributed by atoms with E-state index in [9.17, 15) is 35.9 Å². The number of nitriles is 1. The number of hydrogen-bond acceptors (Lipinski definition) is 5. The van der Waals surface area contributed by atoms with Crippen LogP contribution < -0.4 is 0 Å². The number of halogens is 8. The van der Waals surface area contributed by atoms with Crippen LogP contribution in [0, 0.1) is 11.3 Å². The van der Waals surface area contributed by atoms with Crippen LogP contribution in [-0.4, -0.2) is 46.0 Å². The van der Waals surface area contributed by atoms with Gasteiger partial charge >= 0.3 is 0 Å². The van der Waals surface area contributed by atoms with Crippen LogP contribution in [0.3, 0.4) is 0 Å². The highest BCUT2D eigenvalue weighted by molar-refractivity contribution is 4.86. The fraction of sp³-hybridized carbons (Fsp3) is 0.875. The summed E-state index contributed by atoms with van der Waals surface area (Å²) in [6.45, 7) is -1.45. The van der Waals surface area contributed by atoms with E-state index in [1.807, 2.05) is 0 Å². The van der Waals surface area contributed by atoms with Crippen LogP contribution in [0.25, 0.3) is 0 Å². The number of rotatable bonds is 10. The van der Waals surface area contributed by atoms with Gasteiger partial charge in [-0.05, 0) is 12.8 Å². The van der Waals surface area contributed by atoms with Crippen molar-refractivity contribution in [3.63, 3.8) is 0 Å². The largest absolute Gasteiger partial charge is 0.198 e. The smallest absolute Gasteiger partial charge is 0.107 e. The minimum Gasteiger partial charge on any atom is -0.198 e. The summed E-state index contributed by atoms with van der Waals surface area (Å²) in [6, 6.07) is -5.34. The van der Waals surface area contributed by atoms with Crippen LogP contribution in [0.4, 0.5) is 35.9 Å². The Morgan fingerprint density at radius 3 is 1.62 bits per heavy atom. The van der Waals surface area contributed by atoms with Crippen molar-refractivity contribution in [2.24, 2.45) is 0 Å². The molecule has 0 radical (unpaired) electrons. The lowest BCUT2D eigenvalue weighted by Gasteiger charge is -2.26. The lowest BCUT2D eigenvalue weighted by molar-refractivity contribution is -0.262. The minimum atomic E-state index is -2.25. The maximum atomic E-state index is 12.6. The predicted molar refractivity (Wildman–Crippen MR) is 51.9 cm³/mol. The molecule has 0 aromatic heterocycles. The van der Waals surface area contributed by atoms with Gasteiger partial charge in [-0.1, -0.05) is 0 Å². The first-order valence-electron chi connectivity index (χ1n) is 5.49. The summed E-state index contributed by atoms with van der Waals surface area (Å²) >= 11 is 0. The normalized spacial score (nSPS) is 16.5. The molecule has 3 unspecified atom stereocenters. The highest BCUT2D eigenvalue weighted by Crippen LogP contribution is 2.23. The molecule has 0 N–H and O–H groups in total. The summed E-state index contributed by atoms with van der Waals surface area (Å²) in [6.07, 6.45) is -2.82. The second-order valence-electron chi connectivity index (χ2n) is 3.99. The van der Waals surface area contributed by atoms with Crippen LogP contribution in [0.2, 0.25) is 0 Å². The number of nitrogens with zero attached hydrogens (tertiary/aromatic N) is 5. The van der Waals surface area contributed by atoms with Crippen LogP contribution in [0.1, 0.15) is 19.3 Å². The maximum absolute atomic E-state index is 12.6. The first-order chi connectivity index (χ1) is 9.70. The van der Waals surface area contributed by atoms with Gasteiger partial charge in [0.2, 0.25) is 0 Å². The predicted octanol–water partition coefficient (Wildman–Crippen LogP) is 3.07. The van der Waals surface area contributed by atoms with Gasteiger partial charge in [0.25, 0.3) is 0 Å². The van der Waals surface area contributed by atoms with Crippen molar-refractivity contribution in [3.8, 4) is 6.07 Å². The molecule has 0 saturated heterocycles. The zero-order valence-corrected chi connectivity index (χ0v) is 10.3. The average molecular weight is 329 g/mol. The first kappa shape index (κ1) is 19.8. The van der Waals surface area contributed by atoms with E-state index in [1.54, 1.807) is 0 Å². The summed E-state index contributed by atoms with van der Waals surface area (Å²) in [4.78, 5) is 0. The van der Waals surface area contributed by atoms with E-state index in [2.05, 4.69) is 0 Å². The Morgan fingerprint density at radius 1 is 0.762 bits per heavy atom. The van der Waals surface area contributed by atoms with Crippen molar-refractivity contribution >= 4 is 0 Å². The molecule has 0 aliphatic rings.